The predicted molar refractivity (Wildman–Crippen MR) is 64.6 cm³/mol. The van der Waals surface area contributed by atoms with E-state index in [1.54, 1.807) is 0 Å². The van der Waals surface area contributed by atoms with Crippen molar-refractivity contribution in [1.29, 1.82) is 0 Å². The molecule has 18 heavy (non-hydrogen) atoms. The summed E-state index contributed by atoms with van der Waals surface area (Å²) in [5.74, 6) is -1.69. The lowest BCUT2D eigenvalue weighted by Crippen LogP contribution is -2.33. The number of pyridine rings is 1. The Bertz CT molecular complexity index is 434. The molecule has 0 aromatic carbocycles. The molecule has 98 valence electrons. The van der Waals surface area contributed by atoms with Crippen molar-refractivity contribution in [2.45, 2.75) is 20.0 Å². The number of rotatable bonds is 6. The van der Waals surface area contributed by atoms with Gasteiger partial charge in [-0.05, 0) is 26.0 Å². The maximum Gasteiger partial charge on any atom is 0.338 e. The molecule has 1 amide bonds. The van der Waals surface area contributed by atoms with Gasteiger partial charge >= 0.3 is 5.97 Å². The lowest BCUT2D eigenvalue weighted by atomic mass is 10.2. The van der Waals surface area contributed by atoms with Crippen molar-refractivity contribution in [3.8, 4) is 0 Å². The molecule has 1 heterocycles. The summed E-state index contributed by atoms with van der Waals surface area (Å²) in [6.07, 6.45) is 1.25. The summed E-state index contributed by atoms with van der Waals surface area (Å²) in [6, 6.07) is 2.82. The van der Waals surface area contributed by atoms with Gasteiger partial charge in [0.25, 0.3) is 5.91 Å². The van der Waals surface area contributed by atoms with Crippen molar-refractivity contribution in [3.05, 3.63) is 29.6 Å². The molecule has 0 aliphatic carbocycles. The van der Waals surface area contributed by atoms with Crippen LogP contribution in [0.5, 0.6) is 0 Å². The first-order valence-corrected chi connectivity index (χ1v) is 5.64. The van der Waals surface area contributed by atoms with Gasteiger partial charge in [-0.2, -0.15) is 0 Å². The SMILES string of the molecule is CCOC(C)CNC(=O)c1ncccc1C(=O)O. The molecular formula is C12H16N2O4. The fourth-order valence-electron chi connectivity index (χ4n) is 1.42. The highest BCUT2D eigenvalue weighted by Gasteiger charge is 2.17. The number of carboxylic acids is 1. The third kappa shape index (κ3) is 3.81. The first kappa shape index (κ1) is 14.1. The zero-order valence-electron chi connectivity index (χ0n) is 10.3. The Hall–Kier alpha value is -1.95. The molecule has 1 aromatic heterocycles. The van der Waals surface area contributed by atoms with Crippen LogP contribution in [0.1, 0.15) is 34.7 Å². The Labute approximate surface area is 105 Å². The van der Waals surface area contributed by atoms with E-state index in [0.717, 1.165) is 0 Å². The van der Waals surface area contributed by atoms with Crippen molar-refractivity contribution in [2.75, 3.05) is 13.2 Å². The van der Waals surface area contributed by atoms with Crippen LogP contribution in [0.25, 0.3) is 0 Å². The maximum atomic E-state index is 11.8. The number of nitrogens with one attached hydrogen (secondary N) is 1. The summed E-state index contributed by atoms with van der Waals surface area (Å²) >= 11 is 0. The molecule has 0 saturated carbocycles. The largest absolute Gasteiger partial charge is 0.478 e. The summed E-state index contributed by atoms with van der Waals surface area (Å²) in [7, 11) is 0. The fraction of sp³-hybridized carbons (Fsp3) is 0.417. The number of aromatic nitrogens is 1. The van der Waals surface area contributed by atoms with Gasteiger partial charge < -0.3 is 15.2 Å². The third-order valence-electron chi connectivity index (χ3n) is 2.25. The van der Waals surface area contributed by atoms with Crippen LogP contribution in [0.4, 0.5) is 0 Å². The van der Waals surface area contributed by atoms with Gasteiger partial charge in [-0.1, -0.05) is 0 Å². The first-order valence-electron chi connectivity index (χ1n) is 5.64. The standard InChI is InChI=1S/C12H16N2O4/c1-3-18-8(2)7-14-11(15)10-9(12(16)17)5-4-6-13-10/h4-6,8H,3,7H2,1-2H3,(H,14,15)(H,16,17). The average molecular weight is 252 g/mol. The van der Waals surface area contributed by atoms with Crippen molar-refractivity contribution >= 4 is 11.9 Å². The molecule has 0 aliphatic heterocycles. The molecule has 0 fully saturated rings. The summed E-state index contributed by atoms with van der Waals surface area (Å²) < 4.78 is 5.25. The van der Waals surface area contributed by atoms with Gasteiger partial charge in [0.15, 0.2) is 0 Å². The van der Waals surface area contributed by atoms with E-state index in [1.807, 2.05) is 13.8 Å². The lowest BCUT2D eigenvalue weighted by molar-refractivity contribution is 0.0672. The number of hydrogen-bond donors (Lipinski definition) is 2. The van der Waals surface area contributed by atoms with E-state index in [4.69, 9.17) is 9.84 Å². The Morgan fingerprint density at radius 3 is 2.89 bits per heavy atom. The molecule has 6 nitrogen and oxygen atoms in total. The summed E-state index contributed by atoms with van der Waals surface area (Å²) in [4.78, 5) is 26.5. The molecule has 1 atom stereocenters. The second-order valence-corrected chi connectivity index (χ2v) is 3.68. The zero-order chi connectivity index (χ0) is 13.5. The average Bonchev–Trinajstić information content (AvgIpc) is 2.36. The van der Waals surface area contributed by atoms with Gasteiger partial charge in [-0.3, -0.25) is 9.78 Å². The molecule has 1 rings (SSSR count). The van der Waals surface area contributed by atoms with Crippen molar-refractivity contribution < 1.29 is 19.4 Å². The summed E-state index contributed by atoms with van der Waals surface area (Å²) in [5, 5.41) is 11.5. The van der Waals surface area contributed by atoms with Gasteiger partial charge in [-0.25, -0.2) is 4.79 Å². The fourth-order valence-corrected chi connectivity index (χ4v) is 1.42. The number of carbonyl (C=O) groups is 2. The van der Waals surface area contributed by atoms with E-state index >= 15 is 0 Å². The quantitative estimate of drug-likeness (QED) is 0.786. The van der Waals surface area contributed by atoms with Crippen LogP contribution in [0, 0.1) is 0 Å². The molecule has 1 unspecified atom stereocenters. The van der Waals surface area contributed by atoms with Crippen molar-refractivity contribution in [2.24, 2.45) is 0 Å². The molecule has 0 aliphatic rings. The van der Waals surface area contributed by atoms with E-state index in [2.05, 4.69) is 10.3 Å². The molecule has 0 spiro atoms. The van der Waals surface area contributed by atoms with Crippen molar-refractivity contribution in [3.63, 3.8) is 0 Å². The van der Waals surface area contributed by atoms with Crippen LogP contribution >= 0.6 is 0 Å². The van der Waals surface area contributed by atoms with Gasteiger partial charge in [0.1, 0.15) is 5.69 Å². The summed E-state index contributed by atoms with van der Waals surface area (Å²) in [6.45, 7) is 4.54. The van der Waals surface area contributed by atoms with E-state index in [0.29, 0.717) is 13.2 Å². The van der Waals surface area contributed by atoms with Crippen molar-refractivity contribution in [1.82, 2.24) is 10.3 Å². The number of aromatic carboxylic acids is 1. The molecule has 0 saturated heterocycles. The minimum absolute atomic E-state index is 0.0892. The monoisotopic (exact) mass is 252 g/mol. The highest BCUT2D eigenvalue weighted by atomic mass is 16.5. The third-order valence-corrected chi connectivity index (χ3v) is 2.25. The van der Waals surface area contributed by atoms with E-state index in [-0.39, 0.29) is 17.4 Å². The predicted octanol–water partition coefficient (Wildman–Crippen LogP) is 0.935. The highest BCUT2D eigenvalue weighted by molar-refractivity contribution is 6.03. The molecular weight excluding hydrogens is 236 g/mol. The van der Waals surface area contributed by atoms with Gasteiger partial charge in [0.2, 0.25) is 0 Å². The van der Waals surface area contributed by atoms with Crippen LogP contribution in [-0.4, -0.2) is 41.2 Å². The van der Waals surface area contributed by atoms with Gasteiger partial charge in [0.05, 0.1) is 11.7 Å². The molecule has 0 radical (unpaired) electrons. The number of carbonyl (C=O) groups excluding carboxylic acids is 1. The van der Waals surface area contributed by atoms with Crippen LogP contribution in [0.3, 0.4) is 0 Å². The number of nitrogens with zero attached hydrogens (tertiary/aromatic N) is 1. The maximum absolute atomic E-state index is 11.8. The number of carboxylic acid groups (broad SMARTS) is 1. The molecule has 0 bridgehead atoms. The summed E-state index contributed by atoms with van der Waals surface area (Å²) in [5.41, 5.74) is -0.201. The Morgan fingerprint density at radius 2 is 2.28 bits per heavy atom. The van der Waals surface area contributed by atoms with E-state index < -0.39 is 11.9 Å². The Balaban J connectivity index is 2.70. The van der Waals surface area contributed by atoms with Crippen LogP contribution in [-0.2, 0) is 4.74 Å². The lowest BCUT2D eigenvalue weighted by Gasteiger charge is -2.12. The van der Waals surface area contributed by atoms with Crippen LogP contribution in [0.15, 0.2) is 18.3 Å². The second kappa shape index (κ2) is 6.70. The first-order chi connectivity index (χ1) is 8.56. The van der Waals surface area contributed by atoms with Crippen LogP contribution < -0.4 is 5.32 Å². The van der Waals surface area contributed by atoms with E-state index in [1.165, 1.54) is 18.3 Å². The van der Waals surface area contributed by atoms with E-state index in [9.17, 15) is 9.59 Å². The molecule has 1 aromatic rings. The number of hydrogen-bond acceptors (Lipinski definition) is 4. The minimum atomic E-state index is -1.17. The smallest absolute Gasteiger partial charge is 0.338 e. The minimum Gasteiger partial charge on any atom is -0.478 e. The van der Waals surface area contributed by atoms with Gasteiger partial charge in [-0.15, -0.1) is 0 Å². The molecule has 6 heteroatoms. The number of ether oxygens (including phenoxy) is 1. The molecule has 2 N–H and O–H groups in total. The zero-order valence-corrected chi connectivity index (χ0v) is 10.3. The van der Waals surface area contributed by atoms with Gasteiger partial charge in [0, 0.05) is 19.3 Å². The normalized spacial score (nSPS) is 11.9. The Morgan fingerprint density at radius 1 is 1.56 bits per heavy atom. The van der Waals surface area contributed by atoms with Crippen LogP contribution in [0.2, 0.25) is 0 Å². The topological polar surface area (TPSA) is 88.5 Å². The highest BCUT2D eigenvalue weighted by Crippen LogP contribution is 2.05. The second-order valence-electron chi connectivity index (χ2n) is 3.68. The number of amides is 1. The Kier molecular flexibility index (Phi) is 5.26.